The highest BCUT2D eigenvalue weighted by molar-refractivity contribution is 7.89. The maximum atomic E-state index is 12.4. The van der Waals surface area contributed by atoms with Crippen LogP contribution in [-0.4, -0.2) is 14.7 Å². The lowest BCUT2D eigenvalue weighted by atomic mass is 10.0. The lowest BCUT2D eigenvalue weighted by Gasteiger charge is -2.17. The van der Waals surface area contributed by atoms with E-state index in [2.05, 4.69) is 4.72 Å². The Labute approximate surface area is 131 Å². The van der Waals surface area contributed by atoms with Crippen molar-refractivity contribution in [2.75, 3.05) is 0 Å². The van der Waals surface area contributed by atoms with Gasteiger partial charge < -0.3 is 4.79 Å². The van der Waals surface area contributed by atoms with Crippen LogP contribution in [0.25, 0.3) is 0 Å². The molecule has 1 atom stereocenters. The van der Waals surface area contributed by atoms with Crippen LogP contribution in [0.15, 0.2) is 53.4 Å². The van der Waals surface area contributed by atoms with Gasteiger partial charge in [0.2, 0.25) is 10.0 Å². The highest BCUT2D eigenvalue weighted by Gasteiger charge is 2.21. The third-order valence-electron chi connectivity index (χ3n) is 3.44. The van der Waals surface area contributed by atoms with Gasteiger partial charge in [-0.3, -0.25) is 0 Å². The van der Waals surface area contributed by atoms with Crippen molar-refractivity contribution in [1.29, 1.82) is 0 Å². The molecule has 2 aromatic carbocycles. The van der Waals surface area contributed by atoms with E-state index in [0.29, 0.717) is 0 Å². The summed E-state index contributed by atoms with van der Waals surface area (Å²) in [5.74, 6) is 0. The minimum Gasteiger partial charge on any atom is -0.303 e. The Balaban J connectivity index is 2.28. The fraction of sp³-hybridized carbons (Fsp3) is 0.235. The van der Waals surface area contributed by atoms with E-state index in [1.807, 2.05) is 38.1 Å². The van der Waals surface area contributed by atoms with Gasteiger partial charge in [0.05, 0.1) is 10.9 Å². The number of hydrogen-bond acceptors (Lipinski definition) is 3. The first-order valence-corrected chi connectivity index (χ1v) is 8.50. The molecule has 0 saturated heterocycles. The first kappa shape index (κ1) is 16.4. The van der Waals surface area contributed by atoms with Crippen LogP contribution in [0.3, 0.4) is 0 Å². The molecule has 0 heterocycles. The van der Waals surface area contributed by atoms with Gasteiger partial charge in [0.15, 0.2) is 0 Å². The van der Waals surface area contributed by atoms with E-state index in [4.69, 9.17) is 0 Å². The number of nitrogens with one attached hydrogen (secondary N) is 1. The van der Waals surface area contributed by atoms with Gasteiger partial charge in [-0.1, -0.05) is 47.5 Å². The van der Waals surface area contributed by atoms with E-state index in [1.54, 1.807) is 24.3 Å². The van der Waals surface area contributed by atoms with Gasteiger partial charge in [-0.2, -0.15) is 0 Å². The van der Waals surface area contributed by atoms with Crippen LogP contribution in [0.4, 0.5) is 0 Å². The summed E-state index contributed by atoms with van der Waals surface area (Å²) in [4.78, 5) is 11.1. The minimum absolute atomic E-state index is 0.0914. The highest BCUT2D eigenvalue weighted by atomic mass is 32.2. The topological polar surface area (TPSA) is 63.2 Å². The van der Waals surface area contributed by atoms with Gasteiger partial charge in [0, 0.05) is 6.42 Å². The molecule has 0 fully saturated rings. The molecule has 2 aromatic rings. The number of hydrogen-bond donors (Lipinski definition) is 1. The molecule has 22 heavy (non-hydrogen) atoms. The molecule has 5 heteroatoms. The zero-order valence-electron chi connectivity index (χ0n) is 12.6. The van der Waals surface area contributed by atoms with E-state index in [-0.39, 0.29) is 11.3 Å². The van der Waals surface area contributed by atoms with Crippen LogP contribution in [0.2, 0.25) is 0 Å². The van der Waals surface area contributed by atoms with Crippen molar-refractivity contribution in [3.63, 3.8) is 0 Å². The molecule has 0 aromatic heterocycles. The Morgan fingerprint density at radius 2 is 1.45 bits per heavy atom. The summed E-state index contributed by atoms with van der Waals surface area (Å²) in [5.41, 5.74) is 2.84. The molecule has 1 N–H and O–H groups in total. The SMILES string of the molecule is Cc1ccc(C(CC=O)NS(=O)(=O)c2ccc(C)cc2)cc1. The smallest absolute Gasteiger partial charge is 0.241 e. The Kier molecular flexibility index (Phi) is 5.11. The van der Waals surface area contributed by atoms with Crippen molar-refractivity contribution in [3.05, 3.63) is 65.2 Å². The largest absolute Gasteiger partial charge is 0.303 e. The summed E-state index contributed by atoms with van der Waals surface area (Å²) in [7, 11) is -3.67. The van der Waals surface area contributed by atoms with Gasteiger partial charge in [0.25, 0.3) is 0 Å². The monoisotopic (exact) mass is 317 g/mol. The average molecular weight is 317 g/mol. The summed E-state index contributed by atoms with van der Waals surface area (Å²) in [6.07, 6.45) is 0.816. The summed E-state index contributed by atoms with van der Waals surface area (Å²) < 4.78 is 27.5. The van der Waals surface area contributed by atoms with Crippen LogP contribution < -0.4 is 4.72 Å². The second kappa shape index (κ2) is 6.85. The molecule has 116 valence electrons. The van der Waals surface area contributed by atoms with Gasteiger partial charge in [-0.25, -0.2) is 13.1 Å². The molecule has 0 saturated carbocycles. The van der Waals surface area contributed by atoms with E-state index < -0.39 is 16.1 Å². The maximum Gasteiger partial charge on any atom is 0.241 e. The van der Waals surface area contributed by atoms with Gasteiger partial charge in [0.1, 0.15) is 6.29 Å². The first-order chi connectivity index (χ1) is 10.4. The minimum atomic E-state index is -3.67. The molecular formula is C17H19NO3S. The Hall–Kier alpha value is -1.98. The Morgan fingerprint density at radius 1 is 0.955 bits per heavy atom. The van der Waals surface area contributed by atoms with Crippen molar-refractivity contribution in [2.45, 2.75) is 31.2 Å². The third kappa shape index (κ3) is 4.02. The van der Waals surface area contributed by atoms with Gasteiger partial charge in [-0.05, 0) is 31.5 Å². The Bertz CT molecular complexity index is 734. The van der Waals surface area contributed by atoms with Crippen molar-refractivity contribution in [1.82, 2.24) is 4.72 Å². The van der Waals surface area contributed by atoms with Crippen LogP contribution in [-0.2, 0) is 14.8 Å². The lowest BCUT2D eigenvalue weighted by Crippen LogP contribution is -2.29. The molecule has 0 bridgehead atoms. The van der Waals surface area contributed by atoms with Crippen molar-refractivity contribution >= 4 is 16.3 Å². The van der Waals surface area contributed by atoms with Crippen LogP contribution in [0.1, 0.15) is 29.2 Å². The maximum absolute atomic E-state index is 12.4. The number of rotatable bonds is 6. The second-order valence-corrected chi connectivity index (χ2v) is 7.01. The number of carbonyl (C=O) groups is 1. The molecule has 0 aliphatic rings. The fourth-order valence-electron chi connectivity index (χ4n) is 2.12. The average Bonchev–Trinajstić information content (AvgIpc) is 2.48. The number of carbonyl (C=O) groups excluding carboxylic acids is 1. The molecule has 1 unspecified atom stereocenters. The van der Waals surface area contributed by atoms with Gasteiger partial charge in [-0.15, -0.1) is 0 Å². The van der Waals surface area contributed by atoms with Crippen molar-refractivity contribution in [2.24, 2.45) is 0 Å². The van der Waals surface area contributed by atoms with E-state index in [1.165, 1.54) is 0 Å². The van der Waals surface area contributed by atoms with Crippen LogP contribution in [0, 0.1) is 13.8 Å². The standard InChI is InChI=1S/C17H19NO3S/c1-13-3-7-15(8-4-13)17(11-12-19)18-22(20,21)16-9-5-14(2)6-10-16/h3-10,12,17-18H,11H2,1-2H3. The van der Waals surface area contributed by atoms with E-state index in [0.717, 1.165) is 23.0 Å². The molecular weight excluding hydrogens is 298 g/mol. The molecule has 0 aliphatic carbocycles. The molecule has 0 spiro atoms. The summed E-state index contributed by atoms with van der Waals surface area (Å²) in [6.45, 7) is 3.85. The predicted octanol–water partition coefficient (Wildman–Crippen LogP) is 2.91. The number of benzene rings is 2. The van der Waals surface area contributed by atoms with Crippen LogP contribution >= 0.6 is 0 Å². The Morgan fingerprint density at radius 3 is 1.95 bits per heavy atom. The molecule has 2 rings (SSSR count). The quantitative estimate of drug-likeness (QED) is 0.833. The molecule has 4 nitrogen and oxygen atoms in total. The zero-order valence-corrected chi connectivity index (χ0v) is 13.4. The van der Waals surface area contributed by atoms with E-state index in [9.17, 15) is 13.2 Å². The zero-order chi connectivity index (χ0) is 16.2. The molecule has 0 aliphatic heterocycles. The lowest BCUT2D eigenvalue weighted by molar-refractivity contribution is -0.108. The second-order valence-electron chi connectivity index (χ2n) is 5.30. The van der Waals surface area contributed by atoms with Gasteiger partial charge >= 0.3 is 0 Å². The van der Waals surface area contributed by atoms with Crippen molar-refractivity contribution in [3.8, 4) is 0 Å². The predicted molar refractivity (Wildman–Crippen MR) is 86.1 cm³/mol. The highest BCUT2D eigenvalue weighted by Crippen LogP contribution is 2.20. The fourth-order valence-corrected chi connectivity index (χ4v) is 3.36. The summed E-state index contributed by atoms with van der Waals surface area (Å²) in [5, 5.41) is 0. The van der Waals surface area contributed by atoms with Crippen molar-refractivity contribution < 1.29 is 13.2 Å². The number of sulfonamides is 1. The first-order valence-electron chi connectivity index (χ1n) is 7.01. The third-order valence-corrected chi connectivity index (χ3v) is 4.93. The summed E-state index contributed by atoms with van der Waals surface area (Å²) in [6, 6.07) is 13.5. The molecule has 0 radical (unpaired) electrons. The molecule has 0 amide bonds. The number of aryl methyl sites for hydroxylation is 2. The van der Waals surface area contributed by atoms with Crippen LogP contribution in [0.5, 0.6) is 0 Å². The van der Waals surface area contributed by atoms with E-state index >= 15 is 0 Å². The normalized spacial score (nSPS) is 12.8. The number of aldehydes is 1. The summed E-state index contributed by atoms with van der Waals surface area (Å²) >= 11 is 0.